The molecule has 2 rings (SSSR count). The highest BCUT2D eigenvalue weighted by molar-refractivity contribution is 9.11. The highest BCUT2D eigenvalue weighted by atomic mass is 79.9. The number of imidazole rings is 1. The minimum absolute atomic E-state index is 0.637. The molecule has 2 nitrogen and oxygen atoms in total. The summed E-state index contributed by atoms with van der Waals surface area (Å²) in [6.07, 6.45) is 1.05. The predicted molar refractivity (Wildman–Crippen MR) is 75.1 cm³/mol. The number of nitrogens with zero attached hydrogens (tertiary/aromatic N) is 1. The standard InChI is InChI=1S/C14H17BrN2/c1-10(2)8-14-16-12-6-4-5-7-13(12)17(14)9-11(3)15/h4-7,10H,3,8-9H2,1-2H3/p+1. The van der Waals surface area contributed by atoms with Crippen LogP contribution in [0.2, 0.25) is 0 Å². The Morgan fingerprint density at radius 2 is 2.12 bits per heavy atom. The molecule has 0 radical (unpaired) electrons. The molecule has 3 heteroatoms. The van der Waals surface area contributed by atoms with Crippen molar-refractivity contribution in [1.29, 1.82) is 0 Å². The smallest absolute Gasteiger partial charge is 0.241 e. The van der Waals surface area contributed by atoms with Crippen molar-refractivity contribution in [3.63, 3.8) is 0 Å². The van der Waals surface area contributed by atoms with Crippen molar-refractivity contribution in [2.45, 2.75) is 26.8 Å². The summed E-state index contributed by atoms with van der Waals surface area (Å²) in [6.45, 7) is 9.22. The van der Waals surface area contributed by atoms with Gasteiger partial charge in [0.2, 0.25) is 0 Å². The Hall–Kier alpha value is -1.09. The van der Waals surface area contributed by atoms with Crippen LogP contribution in [0.5, 0.6) is 0 Å². The van der Waals surface area contributed by atoms with Crippen molar-refractivity contribution in [3.05, 3.63) is 41.2 Å². The molecule has 0 aliphatic heterocycles. The molecule has 0 atom stereocenters. The fourth-order valence-electron chi connectivity index (χ4n) is 2.08. The molecule has 0 fully saturated rings. The van der Waals surface area contributed by atoms with E-state index in [1.165, 1.54) is 16.9 Å². The van der Waals surface area contributed by atoms with Crippen LogP contribution >= 0.6 is 15.9 Å². The number of para-hydroxylation sites is 2. The minimum atomic E-state index is 0.637. The fraction of sp³-hybridized carbons (Fsp3) is 0.357. The number of fused-ring (bicyclic) bond motifs is 1. The Labute approximate surface area is 110 Å². The zero-order valence-corrected chi connectivity index (χ0v) is 11.9. The highest BCUT2D eigenvalue weighted by Crippen LogP contribution is 2.13. The van der Waals surface area contributed by atoms with Gasteiger partial charge in [-0.3, -0.25) is 0 Å². The van der Waals surface area contributed by atoms with Crippen molar-refractivity contribution < 1.29 is 4.57 Å². The summed E-state index contributed by atoms with van der Waals surface area (Å²) in [7, 11) is 0. The molecule has 0 spiro atoms. The second kappa shape index (κ2) is 5.05. The number of aromatic amines is 1. The first-order valence-electron chi connectivity index (χ1n) is 5.90. The number of halogens is 1. The van der Waals surface area contributed by atoms with Crippen LogP contribution in [0.25, 0.3) is 11.0 Å². The summed E-state index contributed by atoms with van der Waals surface area (Å²) >= 11 is 3.45. The monoisotopic (exact) mass is 293 g/mol. The third kappa shape index (κ3) is 2.78. The van der Waals surface area contributed by atoms with Gasteiger partial charge in [-0.2, -0.15) is 0 Å². The zero-order valence-electron chi connectivity index (χ0n) is 10.3. The Morgan fingerprint density at radius 3 is 2.76 bits per heavy atom. The second-order valence-electron chi connectivity index (χ2n) is 4.79. The van der Waals surface area contributed by atoms with Crippen LogP contribution < -0.4 is 4.57 Å². The summed E-state index contributed by atoms with van der Waals surface area (Å²) < 4.78 is 3.30. The molecule has 1 aromatic heterocycles. The first kappa shape index (κ1) is 12.4. The van der Waals surface area contributed by atoms with Gasteiger partial charge < -0.3 is 0 Å². The van der Waals surface area contributed by atoms with Gasteiger partial charge in [-0.25, -0.2) is 9.55 Å². The molecule has 0 aliphatic rings. The SMILES string of the molecule is C=C(Br)C[n+]1c(CC(C)C)[nH]c2ccccc21. The number of hydrogen-bond acceptors (Lipinski definition) is 0. The predicted octanol–water partition coefficient (Wildman–Crippen LogP) is 3.56. The third-order valence-corrected chi connectivity index (χ3v) is 2.98. The molecule has 0 saturated carbocycles. The Bertz CT molecular complexity index is 540. The molecule has 17 heavy (non-hydrogen) atoms. The number of nitrogens with one attached hydrogen (secondary N) is 1. The van der Waals surface area contributed by atoms with Crippen LogP contribution in [-0.4, -0.2) is 4.98 Å². The zero-order chi connectivity index (χ0) is 12.4. The van der Waals surface area contributed by atoms with E-state index in [2.05, 4.69) is 70.2 Å². The maximum Gasteiger partial charge on any atom is 0.255 e. The molecular formula is C14H18BrN2+. The highest BCUT2D eigenvalue weighted by Gasteiger charge is 2.18. The molecule has 0 bridgehead atoms. The van der Waals surface area contributed by atoms with Crippen LogP contribution in [0.4, 0.5) is 0 Å². The van der Waals surface area contributed by atoms with Crippen molar-refractivity contribution in [3.8, 4) is 0 Å². The number of allylic oxidation sites excluding steroid dienone is 1. The number of H-pyrrole nitrogens is 1. The largest absolute Gasteiger partial charge is 0.255 e. The van der Waals surface area contributed by atoms with E-state index < -0.39 is 0 Å². The van der Waals surface area contributed by atoms with Crippen LogP contribution in [0, 0.1) is 5.92 Å². The number of aromatic nitrogens is 2. The van der Waals surface area contributed by atoms with E-state index in [4.69, 9.17) is 0 Å². The third-order valence-electron chi connectivity index (χ3n) is 2.73. The molecule has 0 unspecified atom stereocenters. The van der Waals surface area contributed by atoms with Gasteiger partial charge in [0.05, 0.1) is 6.42 Å². The lowest BCUT2D eigenvalue weighted by atomic mass is 10.1. The van der Waals surface area contributed by atoms with E-state index in [1.807, 2.05) is 0 Å². The Balaban J connectivity index is 2.52. The van der Waals surface area contributed by atoms with E-state index in [-0.39, 0.29) is 0 Å². The summed E-state index contributed by atoms with van der Waals surface area (Å²) in [6, 6.07) is 8.40. The van der Waals surface area contributed by atoms with Crippen molar-refractivity contribution in [2.24, 2.45) is 5.92 Å². The molecule has 2 aromatic rings. The van der Waals surface area contributed by atoms with Crippen LogP contribution in [0.15, 0.2) is 35.3 Å². The lowest BCUT2D eigenvalue weighted by Gasteiger charge is -2.03. The van der Waals surface area contributed by atoms with Gasteiger partial charge in [-0.05, 0) is 18.1 Å². The molecule has 1 heterocycles. The lowest BCUT2D eigenvalue weighted by molar-refractivity contribution is -0.669. The van der Waals surface area contributed by atoms with Gasteiger partial charge in [0.1, 0.15) is 6.54 Å². The normalized spacial score (nSPS) is 11.3. The van der Waals surface area contributed by atoms with E-state index in [0.717, 1.165) is 17.4 Å². The molecule has 0 amide bonds. The van der Waals surface area contributed by atoms with Gasteiger partial charge in [0.25, 0.3) is 5.82 Å². The molecular weight excluding hydrogens is 276 g/mol. The van der Waals surface area contributed by atoms with Crippen LogP contribution in [0.3, 0.4) is 0 Å². The molecule has 1 aromatic carbocycles. The lowest BCUT2D eigenvalue weighted by Crippen LogP contribution is -2.37. The Morgan fingerprint density at radius 1 is 1.41 bits per heavy atom. The van der Waals surface area contributed by atoms with Crippen LogP contribution in [0.1, 0.15) is 19.7 Å². The van der Waals surface area contributed by atoms with E-state index in [9.17, 15) is 0 Å². The molecule has 1 N–H and O–H groups in total. The summed E-state index contributed by atoms with van der Waals surface area (Å²) in [5, 5.41) is 0. The second-order valence-corrected chi connectivity index (χ2v) is 5.91. The molecule has 90 valence electrons. The van der Waals surface area contributed by atoms with Crippen molar-refractivity contribution in [2.75, 3.05) is 0 Å². The minimum Gasteiger partial charge on any atom is -0.241 e. The van der Waals surface area contributed by atoms with E-state index in [0.29, 0.717) is 5.92 Å². The Kier molecular flexibility index (Phi) is 3.67. The van der Waals surface area contributed by atoms with E-state index in [1.54, 1.807) is 0 Å². The topological polar surface area (TPSA) is 19.7 Å². The van der Waals surface area contributed by atoms with Gasteiger partial charge in [-0.15, -0.1) is 0 Å². The quantitative estimate of drug-likeness (QED) is 0.832. The average Bonchev–Trinajstić information content (AvgIpc) is 2.55. The number of benzene rings is 1. The number of hydrogen-bond donors (Lipinski definition) is 1. The first-order chi connectivity index (χ1) is 8.08. The number of rotatable bonds is 4. The van der Waals surface area contributed by atoms with Gasteiger partial charge >= 0.3 is 0 Å². The maximum absolute atomic E-state index is 3.94. The van der Waals surface area contributed by atoms with Gasteiger partial charge in [0, 0.05) is 4.48 Å². The first-order valence-corrected chi connectivity index (χ1v) is 6.70. The van der Waals surface area contributed by atoms with Gasteiger partial charge in [0.15, 0.2) is 11.0 Å². The molecule has 0 saturated heterocycles. The van der Waals surface area contributed by atoms with E-state index >= 15 is 0 Å². The maximum atomic E-state index is 3.94. The average molecular weight is 294 g/mol. The van der Waals surface area contributed by atoms with Crippen molar-refractivity contribution >= 4 is 27.0 Å². The van der Waals surface area contributed by atoms with Crippen molar-refractivity contribution in [1.82, 2.24) is 4.98 Å². The summed E-state index contributed by atoms with van der Waals surface area (Å²) in [5.41, 5.74) is 2.43. The van der Waals surface area contributed by atoms with Crippen LogP contribution in [-0.2, 0) is 13.0 Å². The summed E-state index contributed by atoms with van der Waals surface area (Å²) in [4.78, 5) is 3.50. The fourth-order valence-corrected chi connectivity index (χ4v) is 2.33. The molecule has 0 aliphatic carbocycles. The summed E-state index contributed by atoms with van der Waals surface area (Å²) in [5.74, 6) is 1.90. The van der Waals surface area contributed by atoms with Gasteiger partial charge in [-0.1, -0.05) is 48.5 Å².